The lowest BCUT2D eigenvalue weighted by Crippen LogP contribution is -1.96. The molecule has 2 aromatic heterocycles. The van der Waals surface area contributed by atoms with Gasteiger partial charge in [0.15, 0.2) is 0 Å². The first-order chi connectivity index (χ1) is 10.2. The highest BCUT2D eigenvalue weighted by molar-refractivity contribution is 7.21. The monoisotopic (exact) mass is 303 g/mol. The van der Waals surface area contributed by atoms with Crippen molar-refractivity contribution < 1.29 is 19.0 Å². The molecule has 3 rings (SSSR count). The average molecular weight is 303 g/mol. The molecule has 0 spiro atoms. The van der Waals surface area contributed by atoms with Crippen LogP contribution in [0.2, 0.25) is 0 Å². The van der Waals surface area contributed by atoms with Crippen LogP contribution >= 0.6 is 11.3 Å². The molecule has 5 nitrogen and oxygen atoms in total. The Bertz CT molecular complexity index is 780. The SMILES string of the molecule is COC(=O)c1cc2c(OC)c3ccncc3c(OC)c2s1. The maximum absolute atomic E-state index is 11.8. The molecule has 0 aliphatic rings. The quantitative estimate of drug-likeness (QED) is 0.695. The molecule has 0 bridgehead atoms. The van der Waals surface area contributed by atoms with Gasteiger partial charge in [0.25, 0.3) is 0 Å². The molecular formula is C15H13NO4S. The lowest BCUT2D eigenvalue weighted by molar-refractivity contribution is 0.0606. The number of nitrogens with zero attached hydrogens (tertiary/aromatic N) is 1. The summed E-state index contributed by atoms with van der Waals surface area (Å²) < 4.78 is 16.7. The van der Waals surface area contributed by atoms with Crippen molar-refractivity contribution in [3.05, 3.63) is 29.4 Å². The van der Waals surface area contributed by atoms with Crippen LogP contribution in [0.4, 0.5) is 0 Å². The number of thiophene rings is 1. The first-order valence-electron chi connectivity index (χ1n) is 6.20. The predicted molar refractivity (Wildman–Crippen MR) is 81.6 cm³/mol. The summed E-state index contributed by atoms with van der Waals surface area (Å²) in [6.45, 7) is 0. The van der Waals surface area contributed by atoms with E-state index in [1.54, 1.807) is 32.7 Å². The van der Waals surface area contributed by atoms with E-state index >= 15 is 0 Å². The van der Waals surface area contributed by atoms with Crippen LogP contribution in [0.15, 0.2) is 24.5 Å². The lowest BCUT2D eigenvalue weighted by atomic mass is 10.1. The van der Waals surface area contributed by atoms with Crippen molar-refractivity contribution in [1.29, 1.82) is 0 Å². The van der Waals surface area contributed by atoms with Gasteiger partial charge in [0.2, 0.25) is 0 Å². The van der Waals surface area contributed by atoms with Gasteiger partial charge in [0.05, 0.1) is 26.0 Å². The van der Waals surface area contributed by atoms with Gasteiger partial charge < -0.3 is 14.2 Å². The van der Waals surface area contributed by atoms with Gasteiger partial charge in [-0.05, 0) is 12.1 Å². The lowest BCUT2D eigenvalue weighted by Gasteiger charge is -2.11. The Balaban J connectivity index is 2.47. The molecule has 0 atom stereocenters. The van der Waals surface area contributed by atoms with Gasteiger partial charge in [-0.25, -0.2) is 4.79 Å². The smallest absolute Gasteiger partial charge is 0.348 e. The van der Waals surface area contributed by atoms with E-state index in [0.717, 1.165) is 20.9 Å². The molecule has 0 aliphatic heterocycles. The second-order valence-electron chi connectivity index (χ2n) is 4.33. The maximum Gasteiger partial charge on any atom is 0.348 e. The molecule has 3 aromatic rings. The molecule has 2 heterocycles. The molecule has 0 radical (unpaired) electrons. The van der Waals surface area contributed by atoms with Crippen molar-refractivity contribution in [1.82, 2.24) is 4.98 Å². The van der Waals surface area contributed by atoms with Gasteiger partial charge in [0.1, 0.15) is 16.4 Å². The summed E-state index contributed by atoms with van der Waals surface area (Å²) in [6, 6.07) is 3.64. The molecule has 0 saturated carbocycles. The average Bonchev–Trinajstić information content (AvgIpc) is 2.96. The van der Waals surface area contributed by atoms with E-state index in [1.165, 1.54) is 18.4 Å². The summed E-state index contributed by atoms with van der Waals surface area (Å²) in [6.07, 6.45) is 3.43. The van der Waals surface area contributed by atoms with Crippen molar-refractivity contribution in [3.63, 3.8) is 0 Å². The fourth-order valence-electron chi connectivity index (χ4n) is 2.39. The summed E-state index contributed by atoms with van der Waals surface area (Å²) >= 11 is 1.32. The van der Waals surface area contributed by atoms with Crippen molar-refractivity contribution in [2.24, 2.45) is 0 Å². The number of ether oxygens (including phenoxy) is 3. The Labute approximate surface area is 125 Å². The van der Waals surface area contributed by atoms with Gasteiger partial charge in [-0.1, -0.05) is 0 Å². The summed E-state index contributed by atoms with van der Waals surface area (Å²) in [5.41, 5.74) is 0. The molecular weight excluding hydrogens is 290 g/mol. The third-order valence-electron chi connectivity index (χ3n) is 3.29. The molecule has 21 heavy (non-hydrogen) atoms. The third-order valence-corrected chi connectivity index (χ3v) is 4.40. The van der Waals surface area contributed by atoms with Crippen LogP contribution in [0.5, 0.6) is 11.5 Å². The van der Waals surface area contributed by atoms with E-state index in [4.69, 9.17) is 14.2 Å². The van der Waals surface area contributed by atoms with Crippen molar-refractivity contribution in [2.75, 3.05) is 21.3 Å². The van der Waals surface area contributed by atoms with E-state index in [0.29, 0.717) is 16.4 Å². The van der Waals surface area contributed by atoms with E-state index < -0.39 is 0 Å². The molecule has 0 unspecified atom stereocenters. The minimum absolute atomic E-state index is 0.373. The zero-order valence-corrected chi connectivity index (χ0v) is 12.6. The summed E-state index contributed by atoms with van der Waals surface area (Å²) in [5.74, 6) is 1.02. The normalized spacial score (nSPS) is 10.8. The highest BCUT2D eigenvalue weighted by Crippen LogP contribution is 2.45. The van der Waals surface area contributed by atoms with E-state index in [1.807, 2.05) is 6.07 Å². The fourth-order valence-corrected chi connectivity index (χ4v) is 3.50. The number of benzene rings is 1. The van der Waals surface area contributed by atoms with E-state index in [-0.39, 0.29) is 5.97 Å². The molecule has 6 heteroatoms. The number of methoxy groups -OCH3 is 3. The number of rotatable bonds is 3. The van der Waals surface area contributed by atoms with Crippen LogP contribution in [0.3, 0.4) is 0 Å². The predicted octanol–water partition coefficient (Wildman–Crippen LogP) is 3.25. The summed E-state index contributed by atoms with van der Waals surface area (Å²) in [7, 11) is 4.57. The van der Waals surface area contributed by atoms with Gasteiger partial charge in [0, 0.05) is 28.6 Å². The number of pyridine rings is 1. The van der Waals surface area contributed by atoms with Crippen LogP contribution in [-0.2, 0) is 4.74 Å². The van der Waals surface area contributed by atoms with Gasteiger partial charge >= 0.3 is 5.97 Å². The standard InChI is InChI=1S/C15H13NO4S/c1-18-12-8-4-5-16-7-10(8)13(19-2)14-9(12)6-11(21-14)15(17)20-3/h4-7H,1-3H3. The Morgan fingerprint density at radius 1 is 1.10 bits per heavy atom. The summed E-state index contributed by atoms with van der Waals surface area (Å²) in [4.78, 5) is 16.4. The second kappa shape index (κ2) is 5.21. The van der Waals surface area contributed by atoms with Crippen molar-refractivity contribution >= 4 is 38.2 Å². The molecule has 0 fully saturated rings. The van der Waals surface area contributed by atoms with Crippen LogP contribution in [0, 0.1) is 0 Å². The highest BCUT2D eigenvalue weighted by Gasteiger charge is 2.20. The number of carbonyl (C=O) groups is 1. The number of fused-ring (bicyclic) bond motifs is 2. The minimum Gasteiger partial charge on any atom is -0.495 e. The Morgan fingerprint density at radius 2 is 1.86 bits per heavy atom. The first-order valence-corrected chi connectivity index (χ1v) is 7.02. The first kappa shape index (κ1) is 13.6. The molecule has 0 saturated heterocycles. The topological polar surface area (TPSA) is 57.7 Å². The third kappa shape index (κ3) is 1.99. The number of hydrogen-bond donors (Lipinski definition) is 0. The minimum atomic E-state index is -0.373. The maximum atomic E-state index is 11.8. The highest BCUT2D eigenvalue weighted by atomic mass is 32.1. The Hall–Kier alpha value is -2.34. The van der Waals surface area contributed by atoms with E-state index in [9.17, 15) is 4.79 Å². The Morgan fingerprint density at radius 3 is 2.52 bits per heavy atom. The molecule has 0 amide bonds. The van der Waals surface area contributed by atoms with Gasteiger partial charge in [-0.2, -0.15) is 0 Å². The molecule has 0 N–H and O–H groups in total. The number of aromatic nitrogens is 1. The largest absolute Gasteiger partial charge is 0.495 e. The van der Waals surface area contributed by atoms with Crippen molar-refractivity contribution in [2.45, 2.75) is 0 Å². The molecule has 1 aromatic carbocycles. The molecule has 0 aliphatic carbocycles. The van der Waals surface area contributed by atoms with Crippen molar-refractivity contribution in [3.8, 4) is 11.5 Å². The summed E-state index contributed by atoms with van der Waals surface area (Å²) in [5, 5.41) is 2.58. The van der Waals surface area contributed by atoms with E-state index in [2.05, 4.69) is 4.98 Å². The van der Waals surface area contributed by atoms with Crippen LogP contribution in [-0.4, -0.2) is 32.3 Å². The fraction of sp³-hybridized carbons (Fsp3) is 0.200. The second-order valence-corrected chi connectivity index (χ2v) is 5.38. The van der Waals surface area contributed by atoms with Crippen LogP contribution < -0.4 is 9.47 Å². The van der Waals surface area contributed by atoms with Gasteiger partial charge in [-0.3, -0.25) is 4.98 Å². The zero-order chi connectivity index (χ0) is 15.0. The molecule has 108 valence electrons. The number of hydrogen-bond acceptors (Lipinski definition) is 6. The van der Waals surface area contributed by atoms with Gasteiger partial charge in [-0.15, -0.1) is 11.3 Å². The zero-order valence-electron chi connectivity index (χ0n) is 11.8. The number of carbonyl (C=O) groups excluding carboxylic acids is 1. The Kier molecular flexibility index (Phi) is 3.39. The van der Waals surface area contributed by atoms with Crippen LogP contribution in [0.1, 0.15) is 9.67 Å². The number of esters is 1. The van der Waals surface area contributed by atoms with Crippen LogP contribution in [0.25, 0.3) is 20.9 Å².